The van der Waals surface area contributed by atoms with Crippen molar-refractivity contribution < 1.29 is 13.9 Å². The molecule has 2 fully saturated rings. The lowest BCUT2D eigenvalue weighted by molar-refractivity contribution is -0.0591. The number of aromatic nitrogens is 1. The van der Waals surface area contributed by atoms with E-state index in [4.69, 9.17) is 13.9 Å². The van der Waals surface area contributed by atoms with Crippen molar-refractivity contribution >= 4 is 11.3 Å². The Morgan fingerprint density at radius 3 is 3.17 bits per heavy atom. The van der Waals surface area contributed by atoms with Gasteiger partial charge in [-0.25, -0.2) is 4.98 Å². The van der Waals surface area contributed by atoms with Crippen LogP contribution in [0.2, 0.25) is 0 Å². The number of ether oxygens (including phenoxy) is 2. The number of morpholine rings is 1. The molecule has 1 aliphatic carbocycles. The number of rotatable bonds is 6. The van der Waals surface area contributed by atoms with E-state index < -0.39 is 0 Å². The summed E-state index contributed by atoms with van der Waals surface area (Å²) in [4.78, 5) is 7.00. The number of nitrogens with zero attached hydrogens (tertiary/aromatic N) is 2. The van der Waals surface area contributed by atoms with Gasteiger partial charge in [0.15, 0.2) is 0 Å². The molecule has 0 spiro atoms. The van der Waals surface area contributed by atoms with Gasteiger partial charge in [0.1, 0.15) is 0 Å². The standard InChI is InChI=1S/C18H24N2O3S/c1-13-19-16(12-24-13)11-22-10-15-6-17-18(7-15)23-5-3-20(17)8-14-2-4-21-9-14/h2,4,9,12,15,17-18H,3,5-8,10-11H2,1H3. The molecule has 1 aliphatic heterocycles. The quantitative estimate of drug-likeness (QED) is 0.802. The second-order valence-electron chi connectivity index (χ2n) is 6.79. The predicted octanol–water partition coefficient (Wildman–Crippen LogP) is 3.24. The number of hydrogen-bond donors (Lipinski definition) is 0. The molecule has 4 rings (SSSR count). The van der Waals surface area contributed by atoms with Crippen molar-refractivity contribution in [3.63, 3.8) is 0 Å². The van der Waals surface area contributed by atoms with Gasteiger partial charge in [-0.3, -0.25) is 4.90 Å². The minimum atomic E-state index is 0.348. The third kappa shape index (κ3) is 3.72. The van der Waals surface area contributed by atoms with E-state index in [1.165, 1.54) is 5.56 Å². The van der Waals surface area contributed by atoms with Gasteiger partial charge < -0.3 is 13.9 Å². The highest BCUT2D eigenvalue weighted by atomic mass is 32.1. The predicted molar refractivity (Wildman–Crippen MR) is 91.9 cm³/mol. The van der Waals surface area contributed by atoms with E-state index >= 15 is 0 Å². The fraction of sp³-hybridized carbons (Fsp3) is 0.611. The van der Waals surface area contributed by atoms with Gasteiger partial charge in [0.25, 0.3) is 0 Å². The van der Waals surface area contributed by atoms with Crippen LogP contribution < -0.4 is 0 Å². The highest BCUT2D eigenvalue weighted by Gasteiger charge is 2.40. The third-order valence-corrected chi connectivity index (χ3v) is 5.81. The highest BCUT2D eigenvalue weighted by molar-refractivity contribution is 7.09. The van der Waals surface area contributed by atoms with Gasteiger partial charge in [-0.2, -0.15) is 0 Å². The molecule has 0 amide bonds. The van der Waals surface area contributed by atoms with E-state index in [9.17, 15) is 0 Å². The molecule has 6 heteroatoms. The zero-order valence-electron chi connectivity index (χ0n) is 14.0. The highest BCUT2D eigenvalue weighted by Crippen LogP contribution is 2.35. The number of fused-ring (bicyclic) bond motifs is 1. The van der Waals surface area contributed by atoms with Crippen LogP contribution in [0.25, 0.3) is 0 Å². The van der Waals surface area contributed by atoms with Crippen molar-refractivity contribution in [3.8, 4) is 0 Å². The minimum absolute atomic E-state index is 0.348. The summed E-state index contributed by atoms with van der Waals surface area (Å²) in [6.45, 7) is 6.22. The van der Waals surface area contributed by atoms with Gasteiger partial charge in [0.05, 0.1) is 49.2 Å². The van der Waals surface area contributed by atoms with Crippen LogP contribution in [0.3, 0.4) is 0 Å². The van der Waals surface area contributed by atoms with Crippen molar-refractivity contribution in [2.75, 3.05) is 19.8 Å². The molecule has 5 nitrogen and oxygen atoms in total. The van der Waals surface area contributed by atoms with Crippen LogP contribution >= 0.6 is 11.3 Å². The lowest BCUT2D eigenvalue weighted by Crippen LogP contribution is -2.47. The fourth-order valence-corrected chi connectivity index (χ4v) is 4.48. The van der Waals surface area contributed by atoms with Gasteiger partial charge in [-0.15, -0.1) is 11.3 Å². The SMILES string of the molecule is Cc1nc(COCC2CC3OCCN(Cc4ccoc4)C3C2)cs1. The first-order valence-corrected chi connectivity index (χ1v) is 9.51. The second-order valence-corrected chi connectivity index (χ2v) is 7.85. The summed E-state index contributed by atoms with van der Waals surface area (Å²) in [5.41, 5.74) is 2.29. The second kappa shape index (κ2) is 7.35. The Kier molecular flexibility index (Phi) is 4.98. The lowest BCUT2D eigenvalue weighted by atomic mass is 10.1. The van der Waals surface area contributed by atoms with Crippen LogP contribution in [0, 0.1) is 12.8 Å². The van der Waals surface area contributed by atoms with E-state index in [-0.39, 0.29) is 0 Å². The van der Waals surface area contributed by atoms with Crippen molar-refractivity contribution in [2.24, 2.45) is 5.92 Å². The van der Waals surface area contributed by atoms with Gasteiger partial charge in [0.2, 0.25) is 0 Å². The van der Waals surface area contributed by atoms with Crippen LogP contribution in [0.1, 0.15) is 29.1 Å². The van der Waals surface area contributed by atoms with E-state index in [1.54, 1.807) is 17.6 Å². The van der Waals surface area contributed by atoms with Gasteiger partial charge >= 0.3 is 0 Å². The number of thiazole rings is 1. The molecule has 1 saturated heterocycles. The molecule has 2 aliphatic rings. The van der Waals surface area contributed by atoms with Gasteiger partial charge in [0, 0.05) is 30.1 Å². The fourth-order valence-electron chi connectivity index (χ4n) is 3.88. The van der Waals surface area contributed by atoms with E-state index in [2.05, 4.69) is 21.3 Å². The van der Waals surface area contributed by atoms with Crippen LogP contribution in [0.4, 0.5) is 0 Å². The molecule has 0 bridgehead atoms. The maximum Gasteiger partial charge on any atom is 0.0947 e. The summed E-state index contributed by atoms with van der Waals surface area (Å²) in [6.07, 6.45) is 6.19. The van der Waals surface area contributed by atoms with Crippen LogP contribution in [0.15, 0.2) is 28.4 Å². The lowest BCUT2D eigenvalue weighted by Gasteiger charge is -2.37. The molecular weight excluding hydrogens is 324 g/mol. The normalized spacial score (nSPS) is 27.5. The van der Waals surface area contributed by atoms with Crippen LogP contribution in [0.5, 0.6) is 0 Å². The molecule has 3 heterocycles. The molecule has 0 N–H and O–H groups in total. The van der Waals surface area contributed by atoms with Gasteiger partial charge in [-0.1, -0.05) is 0 Å². The largest absolute Gasteiger partial charge is 0.472 e. The summed E-state index contributed by atoms with van der Waals surface area (Å²) in [5, 5.41) is 3.18. The molecule has 0 radical (unpaired) electrons. The van der Waals surface area contributed by atoms with Crippen molar-refractivity contribution in [2.45, 2.75) is 45.1 Å². The van der Waals surface area contributed by atoms with Crippen molar-refractivity contribution in [1.29, 1.82) is 0 Å². The van der Waals surface area contributed by atoms with E-state index in [0.717, 1.165) is 49.8 Å². The first-order chi connectivity index (χ1) is 11.8. The molecule has 2 aromatic rings. The molecule has 2 aromatic heterocycles. The zero-order chi connectivity index (χ0) is 16.4. The average molecular weight is 348 g/mol. The maximum atomic E-state index is 6.02. The van der Waals surface area contributed by atoms with Crippen LogP contribution in [-0.4, -0.2) is 41.8 Å². The zero-order valence-corrected chi connectivity index (χ0v) is 14.8. The Labute approximate surface area is 146 Å². The number of aryl methyl sites for hydroxylation is 1. The molecule has 24 heavy (non-hydrogen) atoms. The van der Waals surface area contributed by atoms with Crippen molar-refractivity contribution in [1.82, 2.24) is 9.88 Å². The Hall–Kier alpha value is -1.21. The molecule has 130 valence electrons. The summed E-state index contributed by atoms with van der Waals surface area (Å²) in [6, 6.07) is 2.55. The third-order valence-electron chi connectivity index (χ3n) is 4.98. The smallest absolute Gasteiger partial charge is 0.0947 e. The topological polar surface area (TPSA) is 47.7 Å². The molecule has 3 atom stereocenters. The first kappa shape index (κ1) is 16.3. The summed E-state index contributed by atoms with van der Waals surface area (Å²) >= 11 is 1.68. The van der Waals surface area contributed by atoms with Crippen molar-refractivity contribution in [3.05, 3.63) is 40.2 Å². The number of furan rings is 1. The Bertz CT molecular complexity index is 642. The molecule has 1 saturated carbocycles. The summed E-state index contributed by atoms with van der Waals surface area (Å²) in [5.74, 6) is 0.574. The van der Waals surface area contributed by atoms with E-state index in [1.807, 2.05) is 13.2 Å². The summed E-state index contributed by atoms with van der Waals surface area (Å²) in [7, 11) is 0. The van der Waals surface area contributed by atoms with E-state index in [0.29, 0.717) is 24.7 Å². The van der Waals surface area contributed by atoms with Gasteiger partial charge in [-0.05, 0) is 31.7 Å². The Morgan fingerprint density at radius 2 is 2.38 bits per heavy atom. The Morgan fingerprint density at radius 1 is 1.42 bits per heavy atom. The average Bonchev–Trinajstić information content (AvgIpc) is 3.29. The molecule has 0 aromatic carbocycles. The Balaban J connectivity index is 1.28. The first-order valence-electron chi connectivity index (χ1n) is 8.63. The maximum absolute atomic E-state index is 6.02. The molecule has 3 unspecified atom stereocenters. The number of hydrogen-bond acceptors (Lipinski definition) is 6. The molecular formula is C18H24N2O3S. The summed E-state index contributed by atoms with van der Waals surface area (Å²) < 4.78 is 17.1. The monoisotopic (exact) mass is 348 g/mol. The van der Waals surface area contributed by atoms with Crippen LogP contribution in [-0.2, 0) is 22.6 Å². The minimum Gasteiger partial charge on any atom is -0.472 e.